The van der Waals surface area contributed by atoms with Crippen LogP contribution in [0.1, 0.15) is 27.0 Å². The molecule has 1 heterocycles. The van der Waals surface area contributed by atoms with Gasteiger partial charge in [0.2, 0.25) is 5.90 Å². The Hall–Kier alpha value is -4.50. The number of hydrogen-bond acceptors (Lipinski definition) is 8. The number of nitro benzene ring substituents is 1. The van der Waals surface area contributed by atoms with Crippen LogP contribution in [-0.4, -0.2) is 29.9 Å². The van der Waals surface area contributed by atoms with Gasteiger partial charge in [0.25, 0.3) is 5.69 Å². The molecule has 0 atom stereocenters. The van der Waals surface area contributed by atoms with E-state index in [2.05, 4.69) is 4.99 Å². The third-order valence-corrected chi connectivity index (χ3v) is 5.39. The average Bonchev–Trinajstić information content (AvgIpc) is 3.20. The average molecular weight is 493 g/mol. The minimum atomic E-state index is -0.730. The van der Waals surface area contributed by atoms with Crippen molar-refractivity contribution in [3.8, 4) is 11.5 Å². The van der Waals surface area contributed by atoms with Crippen LogP contribution in [0.15, 0.2) is 71.4 Å². The third-order valence-electron chi connectivity index (χ3n) is 5.07. The first-order chi connectivity index (χ1) is 16.8. The summed E-state index contributed by atoms with van der Waals surface area (Å²) in [7, 11) is 1.42. The molecular weight excluding hydrogens is 476 g/mol. The molecule has 10 heteroatoms. The first-order valence-corrected chi connectivity index (χ1v) is 10.6. The second-order valence-corrected chi connectivity index (χ2v) is 7.78. The first kappa shape index (κ1) is 23.7. The molecule has 0 spiro atoms. The molecule has 3 aromatic rings. The highest BCUT2D eigenvalue weighted by molar-refractivity contribution is 6.32. The summed E-state index contributed by atoms with van der Waals surface area (Å²) in [6.07, 6.45) is 1.45. The largest absolute Gasteiger partial charge is 0.493 e. The van der Waals surface area contributed by atoms with Gasteiger partial charge in [0.15, 0.2) is 17.2 Å². The lowest BCUT2D eigenvalue weighted by molar-refractivity contribution is -0.384. The Labute approximate surface area is 204 Å². The zero-order chi connectivity index (χ0) is 25.1. The van der Waals surface area contributed by atoms with Crippen LogP contribution in [0.3, 0.4) is 0 Å². The van der Waals surface area contributed by atoms with E-state index in [1.165, 1.54) is 37.5 Å². The number of hydrogen-bond donors (Lipinski definition) is 0. The molecule has 0 fully saturated rings. The van der Waals surface area contributed by atoms with Crippen molar-refractivity contribution < 1.29 is 28.7 Å². The topological polar surface area (TPSA) is 117 Å². The summed E-state index contributed by atoms with van der Waals surface area (Å²) in [4.78, 5) is 39.5. The van der Waals surface area contributed by atoms with E-state index in [1.807, 2.05) is 6.07 Å². The number of carbonyl (C=O) groups excluding carboxylic acids is 2. The molecule has 1 aliphatic heterocycles. The van der Waals surface area contributed by atoms with Gasteiger partial charge >= 0.3 is 11.9 Å². The molecule has 0 unspecified atom stereocenters. The van der Waals surface area contributed by atoms with Crippen LogP contribution in [0.25, 0.3) is 6.08 Å². The molecule has 0 saturated heterocycles. The van der Waals surface area contributed by atoms with Crippen molar-refractivity contribution in [3.63, 3.8) is 0 Å². The molecule has 9 nitrogen and oxygen atoms in total. The van der Waals surface area contributed by atoms with E-state index in [0.717, 1.165) is 5.56 Å². The van der Waals surface area contributed by atoms with Gasteiger partial charge in [0.05, 0.1) is 17.6 Å². The maximum atomic E-state index is 12.5. The van der Waals surface area contributed by atoms with Crippen LogP contribution in [0.5, 0.6) is 11.5 Å². The Balaban J connectivity index is 1.60. The molecule has 35 heavy (non-hydrogen) atoms. The lowest BCUT2D eigenvalue weighted by Gasteiger charge is -2.11. The number of nitro groups is 1. The molecular formula is C25H17ClN2O7. The second kappa shape index (κ2) is 9.78. The summed E-state index contributed by atoms with van der Waals surface area (Å²) >= 11 is 5.83. The van der Waals surface area contributed by atoms with Gasteiger partial charge in [0, 0.05) is 11.6 Å². The summed E-state index contributed by atoms with van der Waals surface area (Å²) in [5.74, 6) is -0.874. The maximum Gasteiger partial charge on any atom is 0.363 e. The summed E-state index contributed by atoms with van der Waals surface area (Å²) in [5.41, 5.74) is 1.60. The SMILES string of the molecule is COc1cc(/C=C2\N=C(c3ccc(Cl)c([N+](=O)[O-])c3)OC2=O)ccc1OC(=O)c1ccccc1C. The monoisotopic (exact) mass is 492 g/mol. The Morgan fingerprint density at radius 3 is 2.60 bits per heavy atom. The molecule has 0 radical (unpaired) electrons. The minimum absolute atomic E-state index is 0.0238. The molecule has 3 aromatic carbocycles. The molecule has 0 aromatic heterocycles. The van der Waals surface area contributed by atoms with Crippen molar-refractivity contribution in [2.45, 2.75) is 6.92 Å². The fraction of sp³-hybridized carbons (Fsp3) is 0.0800. The number of aryl methyl sites for hydroxylation is 1. The van der Waals surface area contributed by atoms with E-state index in [-0.39, 0.29) is 39.4 Å². The van der Waals surface area contributed by atoms with E-state index < -0.39 is 16.9 Å². The van der Waals surface area contributed by atoms with E-state index in [9.17, 15) is 19.7 Å². The van der Waals surface area contributed by atoms with E-state index in [4.69, 9.17) is 25.8 Å². The summed E-state index contributed by atoms with van der Waals surface area (Å²) in [6, 6.07) is 15.7. The normalized spacial score (nSPS) is 13.9. The Morgan fingerprint density at radius 1 is 1.11 bits per heavy atom. The fourth-order valence-electron chi connectivity index (χ4n) is 3.29. The summed E-state index contributed by atoms with van der Waals surface area (Å²) < 4.78 is 16.0. The third kappa shape index (κ3) is 5.04. The van der Waals surface area contributed by atoms with Crippen LogP contribution < -0.4 is 9.47 Å². The van der Waals surface area contributed by atoms with Crippen LogP contribution in [0, 0.1) is 17.0 Å². The van der Waals surface area contributed by atoms with E-state index in [0.29, 0.717) is 11.1 Å². The number of aliphatic imine (C=N–C) groups is 1. The second-order valence-electron chi connectivity index (χ2n) is 7.37. The molecule has 0 aliphatic carbocycles. The zero-order valence-electron chi connectivity index (χ0n) is 18.5. The van der Waals surface area contributed by atoms with Crippen LogP contribution in [0.2, 0.25) is 5.02 Å². The van der Waals surface area contributed by atoms with Crippen LogP contribution in [-0.2, 0) is 9.53 Å². The van der Waals surface area contributed by atoms with Crippen molar-refractivity contribution >= 4 is 41.2 Å². The summed E-state index contributed by atoms with van der Waals surface area (Å²) in [5, 5.41) is 11.1. The molecule has 0 saturated carbocycles. The van der Waals surface area contributed by atoms with Gasteiger partial charge in [-0.3, -0.25) is 10.1 Å². The fourth-order valence-corrected chi connectivity index (χ4v) is 3.48. The number of methoxy groups -OCH3 is 1. The number of esters is 2. The number of benzene rings is 3. The van der Waals surface area contributed by atoms with Crippen molar-refractivity contribution in [2.75, 3.05) is 7.11 Å². The van der Waals surface area contributed by atoms with Crippen LogP contribution in [0.4, 0.5) is 5.69 Å². The lowest BCUT2D eigenvalue weighted by Crippen LogP contribution is -2.10. The highest BCUT2D eigenvalue weighted by atomic mass is 35.5. The number of ether oxygens (including phenoxy) is 3. The zero-order valence-corrected chi connectivity index (χ0v) is 19.2. The predicted molar refractivity (Wildman–Crippen MR) is 128 cm³/mol. The molecule has 176 valence electrons. The number of rotatable bonds is 6. The van der Waals surface area contributed by atoms with Gasteiger partial charge in [-0.05, 0) is 54.5 Å². The summed E-state index contributed by atoms with van der Waals surface area (Å²) in [6.45, 7) is 1.81. The maximum absolute atomic E-state index is 12.5. The van der Waals surface area contributed by atoms with E-state index in [1.54, 1.807) is 37.3 Å². The Morgan fingerprint density at radius 2 is 1.89 bits per heavy atom. The highest BCUT2D eigenvalue weighted by Crippen LogP contribution is 2.31. The smallest absolute Gasteiger partial charge is 0.363 e. The Bertz CT molecular complexity index is 1430. The number of nitrogens with zero attached hydrogens (tertiary/aromatic N) is 2. The standard InChI is InChI=1S/C25H17ClN2O7/c1-14-5-3-4-6-17(14)24(29)34-21-10-7-15(12-22(21)33-2)11-19-25(30)35-23(27-19)16-8-9-18(26)20(13-16)28(31)32/h3-13H,1-2H3/b19-11-. The van der Waals surface area contributed by atoms with Crippen LogP contribution >= 0.6 is 11.6 Å². The number of carbonyl (C=O) groups is 2. The van der Waals surface area contributed by atoms with Crippen molar-refractivity contribution in [1.82, 2.24) is 0 Å². The quantitative estimate of drug-likeness (QED) is 0.154. The predicted octanol–water partition coefficient (Wildman–Crippen LogP) is 5.13. The molecule has 1 aliphatic rings. The highest BCUT2D eigenvalue weighted by Gasteiger charge is 2.26. The molecule has 0 bridgehead atoms. The van der Waals surface area contributed by atoms with Gasteiger partial charge in [-0.1, -0.05) is 35.9 Å². The van der Waals surface area contributed by atoms with Crippen molar-refractivity contribution in [3.05, 3.63) is 104 Å². The van der Waals surface area contributed by atoms with Gasteiger partial charge in [-0.2, -0.15) is 0 Å². The lowest BCUT2D eigenvalue weighted by atomic mass is 10.1. The van der Waals surface area contributed by atoms with Gasteiger partial charge in [-0.25, -0.2) is 14.6 Å². The van der Waals surface area contributed by atoms with E-state index >= 15 is 0 Å². The number of halogens is 1. The van der Waals surface area contributed by atoms with Crippen molar-refractivity contribution in [1.29, 1.82) is 0 Å². The van der Waals surface area contributed by atoms with Crippen molar-refractivity contribution in [2.24, 2.45) is 4.99 Å². The first-order valence-electron chi connectivity index (χ1n) is 10.2. The van der Waals surface area contributed by atoms with Gasteiger partial charge < -0.3 is 14.2 Å². The molecule has 0 N–H and O–H groups in total. The minimum Gasteiger partial charge on any atom is -0.493 e. The molecule has 4 rings (SSSR count). The van der Waals surface area contributed by atoms with Gasteiger partial charge in [-0.15, -0.1) is 0 Å². The molecule has 0 amide bonds. The number of cyclic esters (lactones) is 1. The Kier molecular flexibility index (Phi) is 6.61. The van der Waals surface area contributed by atoms with Gasteiger partial charge in [0.1, 0.15) is 5.02 Å².